The Morgan fingerprint density at radius 3 is 2.69 bits per heavy atom. The zero-order valence-electron chi connectivity index (χ0n) is 16.7. The van der Waals surface area contributed by atoms with E-state index in [-0.39, 0.29) is 6.61 Å². The molecule has 2 aromatic rings. The molecule has 3 N–H and O–H groups in total. The predicted octanol–water partition coefficient (Wildman–Crippen LogP) is 2.90. The van der Waals surface area contributed by atoms with E-state index in [4.69, 9.17) is 15.2 Å². The van der Waals surface area contributed by atoms with Gasteiger partial charge in [-0.2, -0.15) is 0 Å². The lowest BCUT2D eigenvalue weighted by molar-refractivity contribution is -0.155. The van der Waals surface area contributed by atoms with Crippen LogP contribution in [0.2, 0.25) is 0 Å². The molecule has 0 unspecified atom stereocenters. The van der Waals surface area contributed by atoms with Crippen LogP contribution in [-0.4, -0.2) is 30.5 Å². The van der Waals surface area contributed by atoms with Gasteiger partial charge in [-0.1, -0.05) is 17.7 Å². The van der Waals surface area contributed by atoms with E-state index in [2.05, 4.69) is 5.32 Å². The van der Waals surface area contributed by atoms with E-state index in [1.165, 1.54) is 18.3 Å². The Kier molecular flexibility index (Phi) is 6.22. The van der Waals surface area contributed by atoms with Gasteiger partial charge < -0.3 is 20.5 Å². The van der Waals surface area contributed by atoms with E-state index in [1.807, 2.05) is 26.0 Å². The number of benzene rings is 1. The Bertz CT molecular complexity index is 966. The average molecular weight is 416 g/mol. The number of ether oxygens (including phenoxy) is 2. The zero-order valence-corrected chi connectivity index (χ0v) is 17.5. The number of rotatable bonds is 7. The van der Waals surface area contributed by atoms with Crippen LogP contribution in [0.3, 0.4) is 0 Å². The van der Waals surface area contributed by atoms with Gasteiger partial charge in [0.2, 0.25) is 0 Å². The fourth-order valence-corrected chi connectivity index (χ4v) is 4.65. The summed E-state index contributed by atoms with van der Waals surface area (Å²) in [6.07, 6.45) is 1.59. The lowest BCUT2D eigenvalue weighted by Crippen LogP contribution is -2.32. The highest BCUT2D eigenvalue weighted by atomic mass is 32.1. The summed E-state index contributed by atoms with van der Waals surface area (Å²) >= 11 is 1.35. The quantitative estimate of drug-likeness (QED) is 0.675. The molecule has 2 amide bonds. The summed E-state index contributed by atoms with van der Waals surface area (Å²) in [5.74, 6) is -1.15. The summed E-state index contributed by atoms with van der Waals surface area (Å²) < 4.78 is 10.6. The highest BCUT2D eigenvalue weighted by Gasteiger charge is 2.27. The summed E-state index contributed by atoms with van der Waals surface area (Å²) in [4.78, 5) is 37.4. The van der Waals surface area contributed by atoms with Crippen LogP contribution in [0.5, 0.6) is 5.75 Å². The second kappa shape index (κ2) is 8.65. The van der Waals surface area contributed by atoms with E-state index in [0.717, 1.165) is 40.8 Å². The standard InChI is InChI=1S/C21H24N2O5S/c1-11-7-8-15(12(2)9-11)27-10-17(24)28-13(3)20(26)23-21-18(19(22)25)14-5-4-6-16(14)29-21/h7-9,13H,4-6,10H2,1-3H3,(H2,22,25)(H,23,26)/t13-/m1/s1. The molecule has 1 aromatic carbocycles. The lowest BCUT2D eigenvalue weighted by atomic mass is 10.1. The van der Waals surface area contributed by atoms with E-state index in [9.17, 15) is 14.4 Å². The Balaban J connectivity index is 1.57. The average Bonchev–Trinajstić information content (AvgIpc) is 3.21. The number of fused-ring (bicyclic) bond motifs is 1. The minimum atomic E-state index is -1.04. The molecule has 29 heavy (non-hydrogen) atoms. The number of nitrogens with two attached hydrogens (primary N) is 1. The molecule has 0 bridgehead atoms. The zero-order chi connectivity index (χ0) is 21.1. The third kappa shape index (κ3) is 4.76. The Morgan fingerprint density at radius 1 is 1.24 bits per heavy atom. The van der Waals surface area contributed by atoms with Crippen molar-refractivity contribution in [1.29, 1.82) is 0 Å². The molecule has 7 nitrogen and oxygen atoms in total. The first-order chi connectivity index (χ1) is 13.8. The van der Waals surface area contributed by atoms with Gasteiger partial charge in [-0.25, -0.2) is 4.79 Å². The number of thiophene rings is 1. The van der Waals surface area contributed by atoms with E-state index in [0.29, 0.717) is 16.3 Å². The molecule has 0 saturated carbocycles. The van der Waals surface area contributed by atoms with Gasteiger partial charge in [0.15, 0.2) is 12.7 Å². The number of primary amides is 1. The maximum Gasteiger partial charge on any atom is 0.344 e. The molecule has 0 spiro atoms. The van der Waals surface area contributed by atoms with Crippen LogP contribution in [0, 0.1) is 13.8 Å². The molecule has 0 fully saturated rings. The van der Waals surface area contributed by atoms with Gasteiger partial charge in [0, 0.05) is 4.88 Å². The molecule has 154 valence electrons. The maximum absolute atomic E-state index is 12.4. The third-order valence-electron chi connectivity index (χ3n) is 4.76. The number of carbonyl (C=O) groups is 3. The van der Waals surface area contributed by atoms with Crippen molar-refractivity contribution < 1.29 is 23.9 Å². The molecule has 0 saturated heterocycles. The van der Waals surface area contributed by atoms with Crippen molar-refractivity contribution in [2.75, 3.05) is 11.9 Å². The van der Waals surface area contributed by atoms with Gasteiger partial charge in [-0.15, -0.1) is 11.3 Å². The normalized spacial score (nSPS) is 13.5. The summed E-state index contributed by atoms with van der Waals surface area (Å²) in [6.45, 7) is 5.02. The molecule has 0 aliphatic heterocycles. The highest BCUT2D eigenvalue weighted by Crippen LogP contribution is 2.38. The van der Waals surface area contributed by atoms with Crippen molar-refractivity contribution in [1.82, 2.24) is 0 Å². The van der Waals surface area contributed by atoms with Crippen molar-refractivity contribution in [2.24, 2.45) is 5.73 Å². The van der Waals surface area contributed by atoms with Crippen molar-refractivity contribution in [3.63, 3.8) is 0 Å². The first-order valence-electron chi connectivity index (χ1n) is 9.41. The molecule has 8 heteroatoms. The molecular formula is C21H24N2O5S. The van der Waals surface area contributed by atoms with Crippen molar-refractivity contribution in [3.05, 3.63) is 45.3 Å². The fraction of sp³-hybridized carbons (Fsp3) is 0.381. The Labute approximate surface area is 173 Å². The number of hydrogen-bond donors (Lipinski definition) is 2. The number of nitrogens with one attached hydrogen (secondary N) is 1. The van der Waals surface area contributed by atoms with Gasteiger partial charge in [-0.05, 0) is 57.2 Å². The van der Waals surface area contributed by atoms with Gasteiger partial charge in [-0.3, -0.25) is 9.59 Å². The monoisotopic (exact) mass is 416 g/mol. The van der Waals surface area contributed by atoms with Crippen molar-refractivity contribution in [3.8, 4) is 5.75 Å². The lowest BCUT2D eigenvalue weighted by Gasteiger charge is -2.14. The molecule has 3 rings (SSSR count). The minimum absolute atomic E-state index is 0.304. The van der Waals surface area contributed by atoms with Gasteiger partial charge in [0.1, 0.15) is 10.8 Å². The van der Waals surface area contributed by atoms with Crippen LogP contribution in [0.25, 0.3) is 0 Å². The topological polar surface area (TPSA) is 108 Å². The largest absolute Gasteiger partial charge is 0.482 e. The van der Waals surface area contributed by atoms with Crippen LogP contribution in [0.15, 0.2) is 18.2 Å². The molecule has 0 radical (unpaired) electrons. The van der Waals surface area contributed by atoms with E-state index < -0.39 is 23.9 Å². The first kappa shape index (κ1) is 20.9. The van der Waals surface area contributed by atoms with Gasteiger partial charge in [0.25, 0.3) is 11.8 Å². The molecule has 1 heterocycles. The molecule has 1 aliphatic rings. The number of hydrogen-bond acceptors (Lipinski definition) is 6. The first-order valence-corrected chi connectivity index (χ1v) is 10.2. The Morgan fingerprint density at radius 2 is 2.00 bits per heavy atom. The second-order valence-corrected chi connectivity index (χ2v) is 8.21. The number of aryl methyl sites for hydroxylation is 3. The minimum Gasteiger partial charge on any atom is -0.482 e. The maximum atomic E-state index is 12.4. The molecule has 1 aliphatic carbocycles. The number of amides is 2. The van der Waals surface area contributed by atoms with Crippen LogP contribution in [-0.2, 0) is 27.2 Å². The smallest absolute Gasteiger partial charge is 0.344 e. The fourth-order valence-electron chi connectivity index (χ4n) is 3.35. The SMILES string of the molecule is Cc1ccc(OCC(=O)O[C@H](C)C(=O)Nc2sc3c(c2C(N)=O)CCC3)c(C)c1. The van der Waals surface area contributed by atoms with Crippen molar-refractivity contribution >= 4 is 34.1 Å². The van der Waals surface area contributed by atoms with Gasteiger partial charge in [0.05, 0.1) is 5.56 Å². The Hall–Kier alpha value is -2.87. The van der Waals surface area contributed by atoms with Crippen LogP contribution >= 0.6 is 11.3 Å². The molecule has 1 atom stereocenters. The number of anilines is 1. The summed E-state index contributed by atoms with van der Waals surface area (Å²) in [5.41, 5.74) is 8.79. The highest BCUT2D eigenvalue weighted by molar-refractivity contribution is 7.17. The summed E-state index contributed by atoms with van der Waals surface area (Å²) in [5, 5.41) is 3.09. The van der Waals surface area contributed by atoms with Crippen LogP contribution in [0.1, 0.15) is 45.3 Å². The van der Waals surface area contributed by atoms with Crippen LogP contribution < -0.4 is 15.8 Å². The molecule has 1 aromatic heterocycles. The number of esters is 1. The van der Waals surface area contributed by atoms with Crippen LogP contribution in [0.4, 0.5) is 5.00 Å². The summed E-state index contributed by atoms with van der Waals surface area (Å²) in [6, 6.07) is 5.62. The summed E-state index contributed by atoms with van der Waals surface area (Å²) in [7, 11) is 0. The number of carbonyl (C=O) groups excluding carboxylic acids is 3. The van der Waals surface area contributed by atoms with E-state index in [1.54, 1.807) is 6.07 Å². The predicted molar refractivity (Wildman–Crippen MR) is 110 cm³/mol. The van der Waals surface area contributed by atoms with E-state index >= 15 is 0 Å². The van der Waals surface area contributed by atoms with Gasteiger partial charge >= 0.3 is 5.97 Å². The molecular weight excluding hydrogens is 392 g/mol. The third-order valence-corrected chi connectivity index (χ3v) is 5.97. The second-order valence-electron chi connectivity index (χ2n) is 7.10. The van der Waals surface area contributed by atoms with Crippen molar-refractivity contribution in [2.45, 2.75) is 46.1 Å².